The number of rotatable bonds is 1. The van der Waals surface area contributed by atoms with Crippen LogP contribution in [0.3, 0.4) is 0 Å². The molecule has 0 saturated heterocycles. The van der Waals surface area contributed by atoms with Gasteiger partial charge in [0.05, 0.1) is 0 Å². The van der Waals surface area contributed by atoms with E-state index in [1.54, 1.807) is 0 Å². The van der Waals surface area contributed by atoms with Gasteiger partial charge in [0.2, 0.25) is 0 Å². The van der Waals surface area contributed by atoms with E-state index >= 15 is 0 Å². The summed E-state index contributed by atoms with van der Waals surface area (Å²) in [4.78, 5) is 0. The van der Waals surface area contributed by atoms with E-state index in [4.69, 9.17) is 5.73 Å². The molecule has 0 aliphatic heterocycles. The zero-order valence-electron chi connectivity index (χ0n) is 10.5. The highest BCUT2D eigenvalue weighted by Crippen LogP contribution is 2.52. The van der Waals surface area contributed by atoms with Crippen LogP contribution in [0.1, 0.15) is 38.7 Å². The lowest BCUT2D eigenvalue weighted by Crippen LogP contribution is -2.45. The lowest BCUT2D eigenvalue weighted by Gasteiger charge is -2.39. The van der Waals surface area contributed by atoms with E-state index in [1.807, 2.05) is 11.3 Å². The molecule has 1 aliphatic rings. The molecule has 2 heteroatoms. The molecule has 90 valence electrons. The van der Waals surface area contributed by atoms with Crippen molar-refractivity contribution in [2.75, 3.05) is 0 Å². The maximum atomic E-state index is 6.79. The molecule has 0 amide bonds. The van der Waals surface area contributed by atoms with Crippen LogP contribution in [0.5, 0.6) is 0 Å². The predicted octanol–water partition coefficient (Wildman–Crippen LogP) is 4.27. The highest BCUT2D eigenvalue weighted by molar-refractivity contribution is 7.17. The van der Waals surface area contributed by atoms with E-state index in [0.717, 1.165) is 6.42 Å². The number of fused-ring (bicyclic) bond motifs is 1. The first-order chi connectivity index (χ1) is 8.05. The van der Waals surface area contributed by atoms with Crippen molar-refractivity contribution >= 4 is 21.4 Å². The number of thiophene rings is 1. The second kappa shape index (κ2) is 3.56. The van der Waals surface area contributed by atoms with Gasteiger partial charge in [-0.1, -0.05) is 38.5 Å². The summed E-state index contributed by atoms with van der Waals surface area (Å²) in [5, 5.41) is 3.50. The van der Waals surface area contributed by atoms with E-state index in [0.29, 0.717) is 0 Å². The highest BCUT2D eigenvalue weighted by Gasteiger charge is 2.47. The molecule has 0 spiro atoms. The molecule has 2 N–H and O–H groups in total. The van der Waals surface area contributed by atoms with Crippen molar-refractivity contribution in [3.05, 3.63) is 35.2 Å². The van der Waals surface area contributed by atoms with E-state index in [-0.39, 0.29) is 11.0 Å². The van der Waals surface area contributed by atoms with Crippen LogP contribution in [0, 0.1) is 5.41 Å². The van der Waals surface area contributed by atoms with Crippen LogP contribution >= 0.6 is 11.3 Å². The molecule has 1 nitrogen and oxygen atoms in total. The summed E-state index contributed by atoms with van der Waals surface area (Å²) < 4.78 is 1.38. The van der Waals surface area contributed by atoms with Crippen LogP contribution in [0.15, 0.2) is 29.6 Å². The molecule has 17 heavy (non-hydrogen) atoms. The second-order valence-corrected chi connectivity index (χ2v) is 6.77. The fraction of sp³-hybridized carbons (Fsp3) is 0.467. The summed E-state index contributed by atoms with van der Waals surface area (Å²) in [5.74, 6) is 0. The van der Waals surface area contributed by atoms with Crippen molar-refractivity contribution in [3.8, 4) is 0 Å². The van der Waals surface area contributed by atoms with Crippen molar-refractivity contribution in [2.45, 2.75) is 38.6 Å². The Morgan fingerprint density at radius 2 is 2.00 bits per heavy atom. The summed E-state index contributed by atoms with van der Waals surface area (Å²) in [6, 6.07) is 8.74. The van der Waals surface area contributed by atoms with Gasteiger partial charge in [0.25, 0.3) is 0 Å². The van der Waals surface area contributed by atoms with Gasteiger partial charge in [-0.25, -0.2) is 0 Å². The first-order valence-corrected chi connectivity index (χ1v) is 7.18. The second-order valence-electron chi connectivity index (χ2n) is 5.85. The Morgan fingerprint density at radius 1 is 1.18 bits per heavy atom. The van der Waals surface area contributed by atoms with E-state index in [2.05, 4.69) is 43.5 Å². The van der Waals surface area contributed by atoms with Crippen molar-refractivity contribution in [1.29, 1.82) is 0 Å². The van der Waals surface area contributed by atoms with Gasteiger partial charge < -0.3 is 5.73 Å². The molecule has 1 atom stereocenters. The number of nitrogens with two attached hydrogens (primary N) is 1. The van der Waals surface area contributed by atoms with Crippen LogP contribution in [0.2, 0.25) is 0 Å². The normalized spacial score (nSPS) is 27.7. The van der Waals surface area contributed by atoms with Crippen molar-refractivity contribution < 1.29 is 0 Å². The highest BCUT2D eigenvalue weighted by atomic mass is 32.1. The van der Waals surface area contributed by atoms with Gasteiger partial charge in [0.1, 0.15) is 0 Å². The minimum absolute atomic E-state index is 0.155. The molecule has 0 bridgehead atoms. The van der Waals surface area contributed by atoms with Crippen molar-refractivity contribution in [3.63, 3.8) is 0 Å². The van der Waals surface area contributed by atoms with Crippen LogP contribution < -0.4 is 5.73 Å². The van der Waals surface area contributed by atoms with Crippen molar-refractivity contribution in [1.82, 2.24) is 0 Å². The minimum Gasteiger partial charge on any atom is -0.321 e. The van der Waals surface area contributed by atoms with Gasteiger partial charge in [0, 0.05) is 10.2 Å². The quantitative estimate of drug-likeness (QED) is 0.798. The van der Waals surface area contributed by atoms with Gasteiger partial charge in [-0.3, -0.25) is 0 Å². The molecule has 2 aromatic rings. The fourth-order valence-electron chi connectivity index (χ4n) is 3.21. The topological polar surface area (TPSA) is 26.0 Å². The Labute approximate surface area is 107 Å². The monoisotopic (exact) mass is 245 g/mol. The average Bonchev–Trinajstić information content (AvgIpc) is 2.84. The molecule has 0 radical (unpaired) electrons. The maximum absolute atomic E-state index is 6.79. The van der Waals surface area contributed by atoms with E-state index < -0.39 is 0 Å². The minimum atomic E-state index is -0.155. The van der Waals surface area contributed by atoms with Gasteiger partial charge in [0.15, 0.2) is 0 Å². The Kier molecular flexibility index (Phi) is 2.36. The molecule has 1 aliphatic carbocycles. The molecular weight excluding hydrogens is 226 g/mol. The molecule has 1 aromatic heterocycles. The third-order valence-corrected chi connectivity index (χ3v) is 5.50. The Hall–Kier alpha value is -0.860. The molecule has 3 rings (SSSR count). The lowest BCUT2D eigenvalue weighted by molar-refractivity contribution is 0.212. The van der Waals surface area contributed by atoms with E-state index in [9.17, 15) is 0 Å². The first-order valence-electron chi connectivity index (χ1n) is 6.30. The van der Waals surface area contributed by atoms with Gasteiger partial charge in [-0.15, -0.1) is 11.3 Å². The maximum Gasteiger partial charge on any atom is 0.0475 e. The molecular formula is C15H19NS. The zero-order chi connectivity index (χ0) is 12.1. The van der Waals surface area contributed by atoms with Gasteiger partial charge in [-0.2, -0.15) is 0 Å². The molecule has 1 unspecified atom stereocenters. The fourth-order valence-corrected chi connectivity index (χ4v) is 4.21. The van der Waals surface area contributed by atoms with Gasteiger partial charge in [-0.05, 0) is 40.7 Å². The Bertz CT molecular complexity index is 555. The summed E-state index contributed by atoms with van der Waals surface area (Å²) in [6.45, 7) is 4.62. The van der Waals surface area contributed by atoms with Crippen molar-refractivity contribution in [2.24, 2.45) is 11.1 Å². The van der Waals surface area contributed by atoms with Gasteiger partial charge >= 0.3 is 0 Å². The average molecular weight is 245 g/mol. The Balaban J connectivity index is 2.24. The van der Waals surface area contributed by atoms with E-state index in [1.165, 1.54) is 28.5 Å². The van der Waals surface area contributed by atoms with Crippen LogP contribution in [-0.4, -0.2) is 0 Å². The number of hydrogen-bond donors (Lipinski definition) is 1. The van der Waals surface area contributed by atoms with Crippen LogP contribution in [-0.2, 0) is 5.54 Å². The summed E-state index contributed by atoms with van der Waals surface area (Å²) in [7, 11) is 0. The largest absolute Gasteiger partial charge is 0.321 e. The Morgan fingerprint density at radius 3 is 2.71 bits per heavy atom. The molecule has 1 heterocycles. The number of benzene rings is 1. The molecule has 1 fully saturated rings. The third kappa shape index (κ3) is 1.47. The zero-order valence-corrected chi connectivity index (χ0v) is 11.3. The summed E-state index contributed by atoms with van der Waals surface area (Å²) in [5.41, 5.74) is 8.19. The summed E-state index contributed by atoms with van der Waals surface area (Å²) >= 11 is 1.82. The SMILES string of the molecule is CC1(C)CCCC1(N)c1cccc2ccsc12. The predicted molar refractivity (Wildman–Crippen MR) is 75.3 cm³/mol. The molecule has 1 aromatic carbocycles. The third-order valence-electron chi connectivity index (χ3n) is 4.54. The number of hydrogen-bond acceptors (Lipinski definition) is 2. The molecule has 1 saturated carbocycles. The van der Waals surface area contributed by atoms with Crippen LogP contribution in [0.4, 0.5) is 0 Å². The standard InChI is InChI=1S/C15H19NS/c1-14(2)8-4-9-15(14,16)12-6-3-5-11-7-10-17-13(11)12/h3,5-7,10H,4,8-9,16H2,1-2H3. The lowest BCUT2D eigenvalue weighted by atomic mass is 9.71. The smallest absolute Gasteiger partial charge is 0.0475 e. The summed E-state index contributed by atoms with van der Waals surface area (Å²) in [6.07, 6.45) is 3.58. The van der Waals surface area contributed by atoms with Crippen LogP contribution in [0.25, 0.3) is 10.1 Å². The first kappa shape index (κ1) is 11.2.